The summed E-state index contributed by atoms with van der Waals surface area (Å²) < 4.78 is 43.3. The molecular weight excluding hydrogens is 389 g/mol. The lowest BCUT2D eigenvalue weighted by atomic mass is 10.0. The Hall–Kier alpha value is -2.42. The third-order valence-corrected chi connectivity index (χ3v) is 5.71. The zero-order chi connectivity index (χ0) is 19.6. The van der Waals surface area contributed by atoms with Crippen molar-refractivity contribution in [1.29, 1.82) is 0 Å². The fourth-order valence-corrected chi connectivity index (χ4v) is 4.44. The molecule has 0 amide bonds. The highest BCUT2D eigenvalue weighted by Gasteiger charge is 2.31. The van der Waals surface area contributed by atoms with Gasteiger partial charge in [-0.15, -0.1) is 23.4 Å². The number of hydrogen-bond acceptors (Lipinski definition) is 5. The van der Waals surface area contributed by atoms with Crippen molar-refractivity contribution in [1.82, 2.24) is 14.6 Å². The Morgan fingerprint density at radius 2 is 1.96 bits per heavy atom. The number of ether oxygens (including phenoxy) is 1. The van der Waals surface area contributed by atoms with Gasteiger partial charge in [-0.3, -0.25) is 4.40 Å². The number of alkyl halides is 3. The monoisotopic (exact) mass is 408 g/mol. The zero-order valence-corrected chi connectivity index (χ0v) is 15.8. The standard InChI is InChI=1S/C19H19F3N4OS/c20-19(21,22)27-16-3-1-2-14(10-16)18-25-24-17-5-4-15(12-26(17)18)23-11-13-6-8-28-9-7-13/h1-5,10,12-13,23H,6-9,11H2. The predicted octanol–water partition coefficient (Wildman–Crippen LogP) is 4.85. The molecule has 9 heteroatoms. The highest BCUT2D eigenvalue weighted by Crippen LogP contribution is 2.28. The minimum absolute atomic E-state index is 0.286. The normalized spacial score (nSPS) is 15.7. The van der Waals surface area contributed by atoms with E-state index in [1.807, 2.05) is 30.1 Å². The van der Waals surface area contributed by atoms with E-state index in [0.29, 0.717) is 23.0 Å². The van der Waals surface area contributed by atoms with Gasteiger partial charge in [-0.25, -0.2) is 0 Å². The van der Waals surface area contributed by atoms with Crippen LogP contribution in [0.3, 0.4) is 0 Å². The molecule has 1 saturated heterocycles. The lowest BCUT2D eigenvalue weighted by Gasteiger charge is -2.22. The number of nitrogens with one attached hydrogen (secondary N) is 1. The van der Waals surface area contributed by atoms with E-state index in [4.69, 9.17) is 0 Å². The van der Waals surface area contributed by atoms with Crippen molar-refractivity contribution in [3.8, 4) is 17.1 Å². The molecule has 2 aromatic heterocycles. The van der Waals surface area contributed by atoms with Crippen LogP contribution in [0.5, 0.6) is 5.75 Å². The molecule has 1 aromatic carbocycles. The Morgan fingerprint density at radius 1 is 1.14 bits per heavy atom. The first kappa shape index (κ1) is 18.9. The Balaban J connectivity index is 1.57. The van der Waals surface area contributed by atoms with E-state index in [9.17, 15) is 13.2 Å². The van der Waals surface area contributed by atoms with Crippen LogP contribution < -0.4 is 10.1 Å². The van der Waals surface area contributed by atoms with Gasteiger partial charge in [-0.05, 0) is 54.5 Å². The lowest BCUT2D eigenvalue weighted by Crippen LogP contribution is -2.19. The van der Waals surface area contributed by atoms with Gasteiger partial charge in [0.05, 0.1) is 5.69 Å². The third-order valence-electron chi connectivity index (χ3n) is 4.66. The predicted molar refractivity (Wildman–Crippen MR) is 104 cm³/mol. The number of aromatic nitrogens is 3. The van der Waals surface area contributed by atoms with Gasteiger partial charge in [0.2, 0.25) is 0 Å². The average Bonchev–Trinajstić information content (AvgIpc) is 3.09. The first-order valence-electron chi connectivity index (χ1n) is 9.00. The summed E-state index contributed by atoms with van der Waals surface area (Å²) in [5.41, 5.74) is 2.04. The van der Waals surface area contributed by atoms with Crippen molar-refractivity contribution in [3.05, 3.63) is 42.6 Å². The molecule has 28 heavy (non-hydrogen) atoms. The van der Waals surface area contributed by atoms with Gasteiger partial charge in [-0.2, -0.15) is 11.8 Å². The van der Waals surface area contributed by atoms with Crippen molar-refractivity contribution in [2.75, 3.05) is 23.4 Å². The molecule has 0 aliphatic carbocycles. The molecule has 1 N–H and O–H groups in total. The van der Waals surface area contributed by atoms with E-state index in [1.165, 1.54) is 42.5 Å². The van der Waals surface area contributed by atoms with Crippen LogP contribution in [0.25, 0.3) is 17.0 Å². The maximum atomic E-state index is 12.5. The van der Waals surface area contributed by atoms with E-state index in [2.05, 4.69) is 20.3 Å². The van der Waals surface area contributed by atoms with Crippen molar-refractivity contribution in [2.24, 2.45) is 5.92 Å². The highest BCUT2D eigenvalue weighted by molar-refractivity contribution is 7.99. The average molecular weight is 408 g/mol. The number of pyridine rings is 1. The van der Waals surface area contributed by atoms with Crippen LogP contribution in [0.2, 0.25) is 0 Å². The van der Waals surface area contributed by atoms with E-state index in [-0.39, 0.29) is 5.75 Å². The largest absolute Gasteiger partial charge is 0.573 e. The van der Waals surface area contributed by atoms with Gasteiger partial charge < -0.3 is 10.1 Å². The molecule has 1 aliphatic rings. The fraction of sp³-hybridized carbons (Fsp3) is 0.368. The second kappa shape index (κ2) is 7.90. The molecule has 0 radical (unpaired) electrons. The molecule has 0 spiro atoms. The molecule has 3 heterocycles. The topological polar surface area (TPSA) is 51.5 Å². The first-order chi connectivity index (χ1) is 13.5. The second-order valence-corrected chi connectivity index (χ2v) is 7.91. The SMILES string of the molecule is FC(F)(F)Oc1cccc(-c2nnc3ccc(NCC4CCSCC4)cn23)c1. The summed E-state index contributed by atoms with van der Waals surface area (Å²) in [6.45, 7) is 0.901. The van der Waals surface area contributed by atoms with Crippen molar-refractivity contribution in [3.63, 3.8) is 0 Å². The van der Waals surface area contributed by atoms with Gasteiger partial charge in [-0.1, -0.05) is 12.1 Å². The summed E-state index contributed by atoms with van der Waals surface area (Å²) in [6.07, 6.45) is -0.437. The number of rotatable bonds is 5. The fourth-order valence-electron chi connectivity index (χ4n) is 3.24. The molecule has 5 nitrogen and oxygen atoms in total. The second-order valence-electron chi connectivity index (χ2n) is 6.68. The molecule has 0 bridgehead atoms. The van der Waals surface area contributed by atoms with Crippen LogP contribution in [0.4, 0.5) is 18.9 Å². The van der Waals surface area contributed by atoms with Crippen LogP contribution in [0.15, 0.2) is 42.6 Å². The number of hydrogen-bond donors (Lipinski definition) is 1. The zero-order valence-electron chi connectivity index (χ0n) is 14.9. The van der Waals surface area contributed by atoms with Crippen LogP contribution in [0.1, 0.15) is 12.8 Å². The Labute approximate surface area is 164 Å². The maximum absolute atomic E-state index is 12.5. The van der Waals surface area contributed by atoms with Crippen LogP contribution in [-0.4, -0.2) is 39.0 Å². The summed E-state index contributed by atoms with van der Waals surface area (Å²) in [7, 11) is 0. The molecule has 4 rings (SSSR count). The molecule has 1 aliphatic heterocycles. The smallest absolute Gasteiger partial charge is 0.406 e. The molecule has 0 saturated carbocycles. The van der Waals surface area contributed by atoms with E-state index in [1.54, 1.807) is 10.5 Å². The summed E-state index contributed by atoms with van der Waals surface area (Å²) in [6, 6.07) is 9.53. The van der Waals surface area contributed by atoms with Gasteiger partial charge in [0.25, 0.3) is 0 Å². The number of nitrogens with zero attached hydrogens (tertiary/aromatic N) is 3. The Bertz CT molecular complexity index is 954. The quantitative estimate of drug-likeness (QED) is 0.654. The number of halogens is 3. The van der Waals surface area contributed by atoms with Crippen LogP contribution in [-0.2, 0) is 0 Å². The molecule has 0 atom stereocenters. The van der Waals surface area contributed by atoms with Gasteiger partial charge in [0.15, 0.2) is 11.5 Å². The number of benzene rings is 1. The minimum atomic E-state index is -4.74. The van der Waals surface area contributed by atoms with Crippen LogP contribution >= 0.6 is 11.8 Å². The van der Waals surface area contributed by atoms with Gasteiger partial charge >= 0.3 is 6.36 Å². The maximum Gasteiger partial charge on any atom is 0.573 e. The lowest BCUT2D eigenvalue weighted by molar-refractivity contribution is -0.274. The summed E-state index contributed by atoms with van der Waals surface area (Å²) in [5.74, 6) is 3.24. The van der Waals surface area contributed by atoms with Crippen molar-refractivity contribution >= 4 is 23.1 Å². The van der Waals surface area contributed by atoms with E-state index >= 15 is 0 Å². The molecule has 0 unspecified atom stereocenters. The van der Waals surface area contributed by atoms with E-state index < -0.39 is 6.36 Å². The summed E-state index contributed by atoms with van der Waals surface area (Å²) in [5, 5.41) is 11.7. The Kier molecular flexibility index (Phi) is 5.34. The minimum Gasteiger partial charge on any atom is -0.406 e. The molecule has 148 valence electrons. The molecule has 1 fully saturated rings. The van der Waals surface area contributed by atoms with Gasteiger partial charge in [0, 0.05) is 18.3 Å². The number of fused-ring (bicyclic) bond motifs is 1. The van der Waals surface area contributed by atoms with Gasteiger partial charge in [0.1, 0.15) is 5.75 Å². The third kappa shape index (κ3) is 4.52. The first-order valence-corrected chi connectivity index (χ1v) is 10.2. The van der Waals surface area contributed by atoms with E-state index in [0.717, 1.165) is 12.2 Å². The number of anilines is 1. The van der Waals surface area contributed by atoms with Crippen LogP contribution in [0, 0.1) is 5.92 Å². The van der Waals surface area contributed by atoms with Crippen molar-refractivity contribution in [2.45, 2.75) is 19.2 Å². The summed E-state index contributed by atoms with van der Waals surface area (Å²) >= 11 is 2.00. The molecule has 3 aromatic rings. The highest BCUT2D eigenvalue weighted by atomic mass is 32.2. The van der Waals surface area contributed by atoms with Crippen molar-refractivity contribution < 1.29 is 17.9 Å². The number of thioether (sulfide) groups is 1. The molecular formula is C19H19F3N4OS. The Morgan fingerprint density at radius 3 is 2.75 bits per heavy atom. The summed E-state index contributed by atoms with van der Waals surface area (Å²) in [4.78, 5) is 0.